The first kappa shape index (κ1) is 17.5. The summed E-state index contributed by atoms with van der Waals surface area (Å²) in [4.78, 5) is 17.5. The second-order valence-electron chi connectivity index (χ2n) is 8.19. The van der Waals surface area contributed by atoms with Crippen LogP contribution in [-0.2, 0) is 18.3 Å². The molecule has 0 bridgehead atoms. The molecule has 1 unspecified atom stereocenters. The smallest absolute Gasteiger partial charge is 0.225 e. The standard InChI is InChI=1S/C19H32N4O/c1-14(12-17-15(2)20-22(5)16(17)3)18(24)23-11-8-19(13-23)6-9-21(4)10-7-19/h14H,6-13H2,1-5H3. The van der Waals surface area contributed by atoms with Crippen molar-refractivity contribution in [3.63, 3.8) is 0 Å². The van der Waals surface area contributed by atoms with Crippen molar-refractivity contribution >= 4 is 5.91 Å². The molecule has 2 aliphatic heterocycles. The molecule has 1 spiro atoms. The topological polar surface area (TPSA) is 41.4 Å². The molecule has 3 rings (SSSR count). The summed E-state index contributed by atoms with van der Waals surface area (Å²) >= 11 is 0. The number of hydrogen-bond acceptors (Lipinski definition) is 3. The molecule has 1 atom stereocenters. The molecule has 0 saturated carbocycles. The number of aryl methyl sites for hydroxylation is 2. The minimum atomic E-state index is 0.0352. The van der Waals surface area contributed by atoms with Crippen molar-refractivity contribution in [2.75, 3.05) is 33.2 Å². The maximum absolute atomic E-state index is 13.0. The third-order valence-corrected chi connectivity index (χ3v) is 6.39. The molecular weight excluding hydrogens is 300 g/mol. The Bertz CT molecular complexity index is 613. The molecular formula is C19H32N4O. The Kier molecular flexibility index (Phi) is 4.73. The predicted molar refractivity (Wildman–Crippen MR) is 95.9 cm³/mol. The molecule has 134 valence electrons. The average molecular weight is 332 g/mol. The van der Waals surface area contributed by atoms with Gasteiger partial charge in [0.2, 0.25) is 5.91 Å². The van der Waals surface area contributed by atoms with Gasteiger partial charge in [0.15, 0.2) is 0 Å². The molecule has 0 N–H and O–H groups in total. The molecule has 2 saturated heterocycles. The summed E-state index contributed by atoms with van der Waals surface area (Å²) in [6.45, 7) is 10.5. The third-order valence-electron chi connectivity index (χ3n) is 6.39. The third kappa shape index (κ3) is 3.23. The SMILES string of the molecule is Cc1nn(C)c(C)c1CC(C)C(=O)N1CCC2(CCN(C)CC2)C1. The number of carbonyl (C=O) groups excluding carboxylic acids is 1. The van der Waals surface area contributed by atoms with Crippen LogP contribution in [0.2, 0.25) is 0 Å². The van der Waals surface area contributed by atoms with Gasteiger partial charge in [-0.1, -0.05) is 6.92 Å². The van der Waals surface area contributed by atoms with E-state index < -0.39 is 0 Å². The molecule has 1 aromatic rings. The van der Waals surface area contributed by atoms with Crippen molar-refractivity contribution in [3.05, 3.63) is 17.0 Å². The van der Waals surface area contributed by atoms with E-state index in [4.69, 9.17) is 0 Å². The molecule has 0 aromatic carbocycles. The van der Waals surface area contributed by atoms with E-state index in [1.165, 1.54) is 43.6 Å². The maximum atomic E-state index is 13.0. The highest BCUT2D eigenvalue weighted by Crippen LogP contribution is 2.40. The minimum absolute atomic E-state index is 0.0352. The van der Waals surface area contributed by atoms with Gasteiger partial charge >= 0.3 is 0 Å². The molecule has 3 heterocycles. The van der Waals surface area contributed by atoms with E-state index in [1.54, 1.807) is 0 Å². The summed E-state index contributed by atoms with van der Waals surface area (Å²) < 4.78 is 1.92. The first-order valence-electron chi connectivity index (χ1n) is 9.28. The van der Waals surface area contributed by atoms with E-state index in [-0.39, 0.29) is 5.92 Å². The molecule has 1 amide bonds. The molecule has 5 heteroatoms. The average Bonchev–Trinajstić information content (AvgIpc) is 3.07. The molecule has 0 aliphatic carbocycles. The van der Waals surface area contributed by atoms with Gasteiger partial charge in [0, 0.05) is 31.7 Å². The van der Waals surface area contributed by atoms with Gasteiger partial charge in [-0.2, -0.15) is 5.10 Å². The summed E-state index contributed by atoms with van der Waals surface area (Å²) in [5, 5.41) is 4.48. The van der Waals surface area contributed by atoms with Gasteiger partial charge in [-0.3, -0.25) is 9.48 Å². The lowest BCUT2D eigenvalue weighted by Crippen LogP contribution is -2.41. The minimum Gasteiger partial charge on any atom is -0.342 e. The number of amides is 1. The zero-order chi connectivity index (χ0) is 17.5. The van der Waals surface area contributed by atoms with Gasteiger partial charge < -0.3 is 9.80 Å². The number of likely N-dealkylation sites (tertiary alicyclic amines) is 2. The molecule has 0 radical (unpaired) electrons. The molecule has 2 aliphatic rings. The highest BCUT2D eigenvalue weighted by atomic mass is 16.2. The second-order valence-corrected chi connectivity index (χ2v) is 8.19. The lowest BCUT2D eigenvalue weighted by molar-refractivity contribution is -0.134. The maximum Gasteiger partial charge on any atom is 0.225 e. The number of carbonyl (C=O) groups is 1. The van der Waals surface area contributed by atoms with Crippen molar-refractivity contribution in [2.24, 2.45) is 18.4 Å². The highest BCUT2D eigenvalue weighted by molar-refractivity contribution is 5.79. The number of hydrogen-bond donors (Lipinski definition) is 0. The van der Waals surface area contributed by atoms with E-state index in [9.17, 15) is 4.79 Å². The van der Waals surface area contributed by atoms with Crippen LogP contribution in [0.1, 0.15) is 43.1 Å². The van der Waals surface area contributed by atoms with E-state index in [1.807, 2.05) is 18.7 Å². The largest absolute Gasteiger partial charge is 0.342 e. The van der Waals surface area contributed by atoms with Crippen LogP contribution in [0.25, 0.3) is 0 Å². The molecule has 1 aromatic heterocycles. The van der Waals surface area contributed by atoms with Crippen LogP contribution in [0.5, 0.6) is 0 Å². The highest BCUT2D eigenvalue weighted by Gasteiger charge is 2.42. The van der Waals surface area contributed by atoms with Gasteiger partial charge in [-0.25, -0.2) is 0 Å². The Morgan fingerprint density at radius 3 is 2.38 bits per heavy atom. The fourth-order valence-electron chi connectivity index (χ4n) is 4.44. The fourth-order valence-corrected chi connectivity index (χ4v) is 4.44. The van der Waals surface area contributed by atoms with Crippen LogP contribution in [0.4, 0.5) is 0 Å². The second kappa shape index (κ2) is 6.51. The van der Waals surface area contributed by atoms with Crippen molar-refractivity contribution < 1.29 is 4.79 Å². The first-order chi connectivity index (χ1) is 11.3. The Morgan fingerprint density at radius 2 is 1.79 bits per heavy atom. The lowest BCUT2D eigenvalue weighted by Gasteiger charge is -2.37. The normalized spacial score (nSPS) is 22.3. The molecule has 5 nitrogen and oxygen atoms in total. The van der Waals surface area contributed by atoms with Crippen LogP contribution in [-0.4, -0.2) is 58.7 Å². The monoisotopic (exact) mass is 332 g/mol. The fraction of sp³-hybridized carbons (Fsp3) is 0.789. The van der Waals surface area contributed by atoms with Gasteiger partial charge in [0.1, 0.15) is 0 Å². The van der Waals surface area contributed by atoms with Crippen molar-refractivity contribution in [3.8, 4) is 0 Å². The number of piperidine rings is 1. The van der Waals surface area contributed by atoms with Gasteiger partial charge in [0.05, 0.1) is 5.69 Å². The van der Waals surface area contributed by atoms with Crippen LogP contribution in [0, 0.1) is 25.2 Å². The quantitative estimate of drug-likeness (QED) is 0.852. The van der Waals surface area contributed by atoms with Crippen LogP contribution < -0.4 is 0 Å². The Hall–Kier alpha value is -1.36. The van der Waals surface area contributed by atoms with E-state index >= 15 is 0 Å². The Morgan fingerprint density at radius 1 is 1.17 bits per heavy atom. The zero-order valence-corrected chi connectivity index (χ0v) is 15.9. The molecule has 24 heavy (non-hydrogen) atoms. The van der Waals surface area contributed by atoms with Crippen molar-refractivity contribution in [1.29, 1.82) is 0 Å². The zero-order valence-electron chi connectivity index (χ0n) is 15.9. The van der Waals surface area contributed by atoms with Crippen LogP contribution >= 0.6 is 0 Å². The van der Waals surface area contributed by atoms with Crippen molar-refractivity contribution in [2.45, 2.75) is 46.5 Å². The summed E-state index contributed by atoms with van der Waals surface area (Å²) in [7, 11) is 4.17. The van der Waals surface area contributed by atoms with Crippen LogP contribution in [0.15, 0.2) is 0 Å². The summed E-state index contributed by atoms with van der Waals surface area (Å²) in [6, 6.07) is 0. The predicted octanol–water partition coefficient (Wildman–Crippen LogP) is 2.16. The summed E-state index contributed by atoms with van der Waals surface area (Å²) in [6.07, 6.45) is 4.46. The van der Waals surface area contributed by atoms with E-state index in [2.05, 4.69) is 35.8 Å². The summed E-state index contributed by atoms with van der Waals surface area (Å²) in [5.41, 5.74) is 3.87. The van der Waals surface area contributed by atoms with Gasteiger partial charge in [-0.05, 0) is 70.6 Å². The Balaban J connectivity index is 1.62. The number of rotatable bonds is 3. The number of nitrogens with zero attached hydrogens (tertiary/aromatic N) is 4. The first-order valence-corrected chi connectivity index (χ1v) is 9.28. The van der Waals surface area contributed by atoms with Gasteiger partial charge in [-0.15, -0.1) is 0 Å². The van der Waals surface area contributed by atoms with Crippen molar-refractivity contribution in [1.82, 2.24) is 19.6 Å². The molecule has 2 fully saturated rings. The lowest BCUT2D eigenvalue weighted by atomic mass is 9.78. The number of aromatic nitrogens is 2. The van der Waals surface area contributed by atoms with E-state index in [0.717, 1.165) is 25.2 Å². The summed E-state index contributed by atoms with van der Waals surface area (Å²) in [5.74, 6) is 0.362. The van der Waals surface area contributed by atoms with E-state index in [0.29, 0.717) is 11.3 Å². The van der Waals surface area contributed by atoms with Gasteiger partial charge in [0.25, 0.3) is 0 Å². The van der Waals surface area contributed by atoms with Crippen LogP contribution in [0.3, 0.4) is 0 Å². The Labute approximate surface area is 146 Å².